The molecule has 2 aliphatic rings. The van der Waals surface area contributed by atoms with Gasteiger partial charge < -0.3 is 10.0 Å². The standard InChI is InChI=1S/C19H19FN2O3S/c20-14-4-2-1-3-12(14)9-16-21-15(11-26-16)17(23)22-7-5-19(6-8-22)10-13(19)18(24)25/h1-4,11,13H,5-10H2,(H,24,25). The van der Waals surface area contributed by atoms with Gasteiger partial charge in [-0.2, -0.15) is 0 Å². The first-order valence-electron chi connectivity index (χ1n) is 8.68. The van der Waals surface area contributed by atoms with Crippen molar-refractivity contribution >= 4 is 23.2 Å². The lowest BCUT2D eigenvalue weighted by molar-refractivity contribution is -0.139. The Morgan fingerprint density at radius 3 is 2.69 bits per heavy atom. The molecule has 1 amide bonds. The molecule has 26 heavy (non-hydrogen) atoms. The van der Waals surface area contributed by atoms with Crippen LogP contribution in [0.1, 0.15) is 40.3 Å². The van der Waals surface area contributed by atoms with E-state index in [-0.39, 0.29) is 23.1 Å². The van der Waals surface area contributed by atoms with Gasteiger partial charge in [-0.3, -0.25) is 9.59 Å². The molecule has 4 rings (SSSR count). The molecule has 5 nitrogen and oxygen atoms in total. The van der Waals surface area contributed by atoms with Gasteiger partial charge >= 0.3 is 5.97 Å². The van der Waals surface area contributed by atoms with E-state index in [9.17, 15) is 14.0 Å². The Labute approximate surface area is 154 Å². The van der Waals surface area contributed by atoms with E-state index in [0.29, 0.717) is 35.8 Å². The number of hydrogen-bond acceptors (Lipinski definition) is 4. The molecule has 2 heterocycles. The van der Waals surface area contributed by atoms with E-state index in [1.165, 1.54) is 17.4 Å². The van der Waals surface area contributed by atoms with Crippen LogP contribution < -0.4 is 0 Å². The van der Waals surface area contributed by atoms with Gasteiger partial charge in [-0.25, -0.2) is 9.37 Å². The lowest BCUT2D eigenvalue weighted by atomic mass is 9.90. The number of benzene rings is 1. The van der Waals surface area contributed by atoms with Crippen LogP contribution in [0, 0.1) is 17.2 Å². The molecule has 1 aliphatic carbocycles. The molecule has 2 fully saturated rings. The van der Waals surface area contributed by atoms with Crippen LogP contribution in [-0.2, 0) is 11.2 Å². The van der Waals surface area contributed by atoms with Crippen LogP contribution in [0.5, 0.6) is 0 Å². The second-order valence-corrected chi connectivity index (χ2v) is 8.09. The largest absolute Gasteiger partial charge is 0.481 e. The molecule has 1 unspecified atom stereocenters. The summed E-state index contributed by atoms with van der Waals surface area (Å²) in [5, 5.41) is 11.6. The highest BCUT2D eigenvalue weighted by atomic mass is 32.1. The molecule has 0 bridgehead atoms. The van der Waals surface area contributed by atoms with Crippen LogP contribution in [-0.4, -0.2) is 40.0 Å². The van der Waals surface area contributed by atoms with Crippen molar-refractivity contribution in [1.82, 2.24) is 9.88 Å². The lowest BCUT2D eigenvalue weighted by Gasteiger charge is -2.32. The second-order valence-electron chi connectivity index (χ2n) is 7.14. The van der Waals surface area contributed by atoms with Crippen molar-refractivity contribution in [2.75, 3.05) is 13.1 Å². The van der Waals surface area contributed by atoms with Crippen molar-refractivity contribution in [2.24, 2.45) is 11.3 Å². The third-order valence-electron chi connectivity index (χ3n) is 5.60. The molecule has 7 heteroatoms. The summed E-state index contributed by atoms with van der Waals surface area (Å²) < 4.78 is 13.8. The third kappa shape index (κ3) is 3.11. The summed E-state index contributed by atoms with van der Waals surface area (Å²) >= 11 is 1.36. The summed E-state index contributed by atoms with van der Waals surface area (Å²) in [7, 11) is 0. The molecule has 1 aliphatic heterocycles. The minimum atomic E-state index is -0.720. The Morgan fingerprint density at radius 2 is 2.04 bits per heavy atom. The van der Waals surface area contributed by atoms with Crippen LogP contribution >= 0.6 is 11.3 Å². The van der Waals surface area contributed by atoms with Gasteiger partial charge in [-0.05, 0) is 36.3 Å². The first kappa shape index (κ1) is 17.1. The highest BCUT2D eigenvalue weighted by Crippen LogP contribution is 2.59. The van der Waals surface area contributed by atoms with Crippen molar-refractivity contribution in [2.45, 2.75) is 25.7 Å². The molecule has 1 atom stereocenters. The molecule has 136 valence electrons. The topological polar surface area (TPSA) is 70.5 Å². The molecule has 1 spiro atoms. The fourth-order valence-electron chi connectivity index (χ4n) is 3.86. The van der Waals surface area contributed by atoms with Crippen LogP contribution in [0.3, 0.4) is 0 Å². The van der Waals surface area contributed by atoms with Gasteiger partial charge in [-0.15, -0.1) is 11.3 Å². The first-order chi connectivity index (χ1) is 12.5. The van der Waals surface area contributed by atoms with Crippen molar-refractivity contribution < 1.29 is 19.1 Å². The number of carboxylic acids is 1. The number of carboxylic acid groups (broad SMARTS) is 1. The van der Waals surface area contributed by atoms with E-state index in [1.807, 2.05) is 0 Å². The van der Waals surface area contributed by atoms with E-state index < -0.39 is 5.97 Å². The van der Waals surface area contributed by atoms with Crippen LogP contribution in [0.15, 0.2) is 29.6 Å². The van der Waals surface area contributed by atoms with Gasteiger partial charge in [0.05, 0.1) is 10.9 Å². The molecular weight excluding hydrogens is 355 g/mol. The first-order valence-corrected chi connectivity index (χ1v) is 9.56. The van der Waals surface area contributed by atoms with E-state index in [2.05, 4.69) is 4.98 Å². The number of carbonyl (C=O) groups is 2. The predicted octanol–water partition coefficient (Wildman–Crippen LogP) is 3.20. The lowest BCUT2D eigenvalue weighted by Crippen LogP contribution is -2.40. The van der Waals surface area contributed by atoms with E-state index in [1.54, 1.807) is 28.5 Å². The summed E-state index contributed by atoms with van der Waals surface area (Å²) in [5.74, 6) is -1.36. The summed E-state index contributed by atoms with van der Waals surface area (Å²) in [4.78, 5) is 29.9. The predicted molar refractivity (Wildman–Crippen MR) is 94.6 cm³/mol. The van der Waals surface area contributed by atoms with Crippen LogP contribution in [0.2, 0.25) is 0 Å². The summed E-state index contributed by atoms with van der Waals surface area (Å²) in [5.41, 5.74) is 0.859. The zero-order valence-corrected chi connectivity index (χ0v) is 15.0. The van der Waals surface area contributed by atoms with Gasteiger partial charge in [0.2, 0.25) is 0 Å². The fraction of sp³-hybridized carbons (Fsp3) is 0.421. The number of thiazole rings is 1. The number of amides is 1. The molecular formula is C19H19FN2O3S. The smallest absolute Gasteiger partial charge is 0.307 e. The number of piperidine rings is 1. The zero-order chi connectivity index (χ0) is 18.3. The number of carbonyl (C=O) groups excluding carboxylic acids is 1. The van der Waals surface area contributed by atoms with Crippen molar-refractivity contribution in [3.8, 4) is 0 Å². The molecule has 1 aromatic heterocycles. The maximum atomic E-state index is 13.8. The average molecular weight is 374 g/mol. The molecule has 1 saturated carbocycles. The van der Waals surface area contributed by atoms with Crippen molar-refractivity contribution in [3.63, 3.8) is 0 Å². The van der Waals surface area contributed by atoms with Crippen LogP contribution in [0.25, 0.3) is 0 Å². The van der Waals surface area contributed by atoms with Crippen molar-refractivity contribution in [1.29, 1.82) is 0 Å². The zero-order valence-electron chi connectivity index (χ0n) is 14.2. The third-order valence-corrected chi connectivity index (χ3v) is 6.45. The van der Waals surface area contributed by atoms with Gasteiger partial charge in [0.25, 0.3) is 5.91 Å². The molecule has 2 aromatic rings. The second kappa shape index (κ2) is 6.46. The van der Waals surface area contributed by atoms with Crippen molar-refractivity contribution in [3.05, 3.63) is 51.7 Å². The van der Waals surface area contributed by atoms with Crippen LogP contribution in [0.4, 0.5) is 4.39 Å². The van der Waals surface area contributed by atoms with Gasteiger partial charge in [-0.1, -0.05) is 18.2 Å². The molecule has 1 saturated heterocycles. The molecule has 1 aromatic carbocycles. The van der Waals surface area contributed by atoms with Gasteiger partial charge in [0, 0.05) is 24.9 Å². The van der Waals surface area contributed by atoms with E-state index in [0.717, 1.165) is 19.3 Å². The fourth-order valence-corrected chi connectivity index (χ4v) is 4.65. The molecule has 0 radical (unpaired) electrons. The van der Waals surface area contributed by atoms with Gasteiger partial charge in [0.15, 0.2) is 0 Å². The Morgan fingerprint density at radius 1 is 1.31 bits per heavy atom. The number of halogens is 1. The van der Waals surface area contributed by atoms with Gasteiger partial charge in [0.1, 0.15) is 11.5 Å². The Hall–Kier alpha value is -2.28. The Bertz CT molecular complexity index is 858. The summed E-state index contributed by atoms with van der Waals surface area (Å²) in [6.45, 7) is 1.14. The minimum absolute atomic E-state index is 0.0965. The quantitative estimate of drug-likeness (QED) is 0.892. The number of aromatic nitrogens is 1. The normalized spacial score (nSPS) is 21.0. The number of nitrogens with zero attached hydrogens (tertiary/aromatic N) is 2. The SMILES string of the molecule is O=C(O)C1CC12CCN(C(=O)c1csc(Cc3ccccc3F)n1)CC2. The van der Waals surface area contributed by atoms with E-state index >= 15 is 0 Å². The number of rotatable bonds is 4. The number of likely N-dealkylation sites (tertiary alicyclic amines) is 1. The maximum absolute atomic E-state index is 13.8. The molecule has 1 N–H and O–H groups in total. The Balaban J connectivity index is 1.38. The minimum Gasteiger partial charge on any atom is -0.481 e. The number of aliphatic carboxylic acids is 1. The monoisotopic (exact) mass is 374 g/mol. The van der Waals surface area contributed by atoms with E-state index in [4.69, 9.17) is 5.11 Å². The Kier molecular flexibility index (Phi) is 4.26. The highest BCUT2D eigenvalue weighted by Gasteiger charge is 2.59. The summed E-state index contributed by atoms with van der Waals surface area (Å²) in [6, 6.07) is 6.56. The maximum Gasteiger partial charge on any atom is 0.307 e. The highest BCUT2D eigenvalue weighted by molar-refractivity contribution is 7.09. The average Bonchev–Trinajstić information content (AvgIpc) is 3.13. The summed E-state index contributed by atoms with van der Waals surface area (Å²) in [6.07, 6.45) is 2.58. The number of hydrogen-bond donors (Lipinski definition) is 1.